The Kier molecular flexibility index (Phi) is 9.14. The fraction of sp³-hybridized carbons (Fsp3) is 0.450. The van der Waals surface area contributed by atoms with Gasteiger partial charge in [0.25, 0.3) is 0 Å². The monoisotopic (exact) mass is 359 g/mol. The summed E-state index contributed by atoms with van der Waals surface area (Å²) in [6, 6.07) is 11.9. The van der Waals surface area contributed by atoms with E-state index in [1.54, 1.807) is 13.4 Å². The number of furan rings is 1. The lowest BCUT2D eigenvalue weighted by atomic mass is 10.1. The lowest BCUT2D eigenvalue weighted by Crippen LogP contribution is -2.38. The summed E-state index contributed by atoms with van der Waals surface area (Å²) in [7, 11) is 1.68. The maximum absolute atomic E-state index is 5.56. The molecule has 0 aliphatic rings. The summed E-state index contributed by atoms with van der Waals surface area (Å²) < 4.78 is 16.0. The summed E-state index contributed by atoms with van der Waals surface area (Å²) in [5.41, 5.74) is 1.26. The van der Waals surface area contributed by atoms with E-state index in [-0.39, 0.29) is 0 Å². The molecule has 0 amide bonds. The van der Waals surface area contributed by atoms with E-state index in [1.165, 1.54) is 5.56 Å². The molecule has 0 saturated heterocycles. The van der Waals surface area contributed by atoms with Crippen LogP contribution in [0.1, 0.15) is 24.7 Å². The van der Waals surface area contributed by atoms with Crippen LogP contribution in [0.4, 0.5) is 0 Å². The Labute approximate surface area is 155 Å². The van der Waals surface area contributed by atoms with E-state index in [0.29, 0.717) is 13.2 Å². The van der Waals surface area contributed by atoms with E-state index in [4.69, 9.17) is 13.9 Å². The predicted octanol–water partition coefficient (Wildman–Crippen LogP) is 2.99. The van der Waals surface area contributed by atoms with Crippen LogP contribution in [0.3, 0.4) is 0 Å². The molecule has 1 aromatic heterocycles. The zero-order valence-corrected chi connectivity index (χ0v) is 15.7. The minimum atomic E-state index is 0.511. The normalized spacial score (nSPS) is 11.4. The van der Waals surface area contributed by atoms with Gasteiger partial charge in [-0.3, -0.25) is 4.99 Å². The fourth-order valence-corrected chi connectivity index (χ4v) is 2.38. The number of rotatable bonds is 11. The topological polar surface area (TPSA) is 68.0 Å². The summed E-state index contributed by atoms with van der Waals surface area (Å²) in [6.45, 7) is 5.62. The van der Waals surface area contributed by atoms with E-state index in [2.05, 4.69) is 34.7 Å². The Morgan fingerprint density at radius 2 is 2.00 bits per heavy atom. The van der Waals surface area contributed by atoms with Crippen molar-refractivity contribution in [3.05, 3.63) is 54.0 Å². The van der Waals surface area contributed by atoms with Crippen LogP contribution >= 0.6 is 0 Å². The second-order valence-electron chi connectivity index (χ2n) is 5.77. The first-order chi connectivity index (χ1) is 12.8. The number of nitrogens with one attached hydrogen (secondary N) is 2. The highest BCUT2D eigenvalue weighted by Gasteiger charge is 1.99. The lowest BCUT2D eigenvalue weighted by molar-refractivity contribution is 0.105. The molecular formula is C20H29N3O3. The molecule has 0 aliphatic carbocycles. The number of guanidine groups is 1. The van der Waals surface area contributed by atoms with E-state index in [0.717, 1.165) is 49.9 Å². The first-order valence-electron chi connectivity index (χ1n) is 9.07. The van der Waals surface area contributed by atoms with Gasteiger partial charge in [-0.25, -0.2) is 0 Å². The van der Waals surface area contributed by atoms with E-state index in [1.807, 2.05) is 24.3 Å². The number of hydrogen-bond donors (Lipinski definition) is 2. The Hall–Kier alpha value is -2.47. The maximum Gasteiger partial charge on any atom is 0.191 e. The highest BCUT2D eigenvalue weighted by molar-refractivity contribution is 5.79. The smallest absolute Gasteiger partial charge is 0.191 e. The summed E-state index contributed by atoms with van der Waals surface area (Å²) >= 11 is 0. The molecule has 2 rings (SSSR count). The van der Waals surface area contributed by atoms with E-state index >= 15 is 0 Å². The average Bonchev–Trinajstić information content (AvgIpc) is 3.18. The molecule has 142 valence electrons. The van der Waals surface area contributed by atoms with Crippen molar-refractivity contribution in [3.8, 4) is 5.75 Å². The van der Waals surface area contributed by atoms with Crippen molar-refractivity contribution in [2.75, 3.05) is 33.4 Å². The summed E-state index contributed by atoms with van der Waals surface area (Å²) in [5, 5.41) is 6.63. The minimum absolute atomic E-state index is 0.511. The highest BCUT2D eigenvalue weighted by atomic mass is 16.5. The van der Waals surface area contributed by atoms with Gasteiger partial charge in [0.15, 0.2) is 5.96 Å². The van der Waals surface area contributed by atoms with Gasteiger partial charge in [-0.15, -0.1) is 0 Å². The zero-order chi connectivity index (χ0) is 18.5. The highest BCUT2D eigenvalue weighted by Crippen LogP contribution is 2.11. The molecule has 0 fully saturated rings. The molecule has 0 atom stereocenters. The molecule has 0 radical (unpaired) electrons. The van der Waals surface area contributed by atoms with Crippen molar-refractivity contribution >= 4 is 5.96 Å². The Morgan fingerprint density at radius 3 is 2.69 bits per heavy atom. The van der Waals surface area contributed by atoms with Crippen LogP contribution in [0.25, 0.3) is 0 Å². The summed E-state index contributed by atoms with van der Waals surface area (Å²) in [6.07, 6.45) is 3.46. The molecule has 1 heterocycles. The van der Waals surface area contributed by atoms with Crippen molar-refractivity contribution in [2.24, 2.45) is 4.99 Å². The number of ether oxygens (including phenoxy) is 2. The molecular weight excluding hydrogens is 330 g/mol. The first-order valence-corrected chi connectivity index (χ1v) is 9.07. The summed E-state index contributed by atoms with van der Waals surface area (Å²) in [5.74, 6) is 2.57. The molecule has 1 aromatic carbocycles. The molecule has 0 bridgehead atoms. The van der Waals surface area contributed by atoms with Crippen LogP contribution in [0, 0.1) is 0 Å². The number of benzene rings is 1. The van der Waals surface area contributed by atoms with Crippen LogP contribution < -0.4 is 15.4 Å². The zero-order valence-electron chi connectivity index (χ0n) is 15.7. The van der Waals surface area contributed by atoms with Gasteiger partial charge in [-0.2, -0.15) is 0 Å². The Morgan fingerprint density at radius 1 is 1.15 bits per heavy atom. The van der Waals surface area contributed by atoms with E-state index < -0.39 is 0 Å². The fourth-order valence-electron chi connectivity index (χ4n) is 2.38. The van der Waals surface area contributed by atoms with E-state index in [9.17, 15) is 0 Å². The number of nitrogens with zero attached hydrogens (tertiary/aromatic N) is 1. The van der Waals surface area contributed by atoms with Gasteiger partial charge >= 0.3 is 0 Å². The van der Waals surface area contributed by atoms with Crippen molar-refractivity contribution in [1.29, 1.82) is 0 Å². The SMILES string of the molecule is CCNC(=NCCCOCc1ccco1)NCCc1ccc(OC)cc1. The quantitative estimate of drug-likeness (QED) is 0.367. The number of aliphatic imine (C=N–C) groups is 1. The third-order valence-electron chi connectivity index (χ3n) is 3.75. The van der Waals surface area contributed by atoms with Crippen LogP contribution in [0.2, 0.25) is 0 Å². The number of methoxy groups -OCH3 is 1. The van der Waals surface area contributed by atoms with Gasteiger partial charge in [0.2, 0.25) is 0 Å². The molecule has 6 heteroatoms. The number of hydrogen-bond acceptors (Lipinski definition) is 4. The largest absolute Gasteiger partial charge is 0.497 e. The maximum atomic E-state index is 5.56. The molecule has 0 spiro atoms. The predicted molar refractivity (Wildman–Crippen MR) is 104 cm³/mol. The van der Waals surface area contributed by atoms with Gasteiger partial charge < -0.3 is 24.5 Å². The second-order valence-corrected chi connectivity index (χ2v) is 5.77. The molecule has 0 aliphatic heterocycles. The molecule has 2 aromatic rings. The standard InChI is InChI=1S/C20H29N3O3/c1-3-21-20(22-12-5-14-25-16-19-6-4-15-26-19)23-13-11-17-7-9-18(24-2)10-8-17/h4,6-10,15H,3,5,11-14,16H2,1-2H3,(H2,21,22,23). The van der Waals surface area contributed by atoms with Crippen molar-refractivity contribution in [2.45, 2.75) is 26.4 Å². The Bertz CT molecular complexity index is 624. The van der Waals surface area contributed by atoms with Crippen molar-refractivity contribution in [1.82, 2.24) is 10.6 Å². The van der Waals surface area contributed by atoms with Crippen LogP contribution in [0.15, 0.2) is 52.1 Å². The van der Waals surface area contributed by atoms with Gasteiger partial charge in [0.05, 0.1) is 13.4 Å². The van der Waals surface area contributed by atoms with Crippen molar-refractivity contribution in [3.63, 3.8) is 0 Å². The second kappa shape index (κ2) is 12.0. The molecule has 6 nitrogen and oxygen atoms in total. The van der Waals surface area contributed by atoms with Gasteiger partial charge in [0.1, 0.15) is 18.1 Å². The lowest BCUT2D eigenvalue weighted by Gasteiger charge is -2.11. The molecule has 0 unspecified atom stereocenters. The van der Waals surface area contributed by atoms with Crippen LogP contribution in [0.5, 0.6) is 5.75 Å². The summed E-state index contributed by atoms with van der Waals surface area (Å²) in [4.78, 5) is 4.58. The molecule has 0 saturated carbocycles. The third kappa shape index (κ3) is 7.61. The third-order valence-corrected chi connectivity index (χ3v) is 3.75. The average molecular weight is 359 g/mol. The molecule has 26 heavy (non-hydrogen) atoms. The molecule has 2 N–H and O–H groups in total. The van der Waals surface area contributed by atoms with Crippen LogP contribution in [-0.2, 0) is 17.8 Å². The van der Waals surface area contributed by atoms with Gasteiger partial charge in [-0.1, -0.05) is 12.1 Å². The minimum Gasteiger partial charge on any atom is -0.497 e. The van der Waals surface area contributed by atoms with Crippen molar-refractivity contribution < 1.29 is 13.9 Å². The Balaban J connectivity index is 1.63. The van der Waals surface area contributed by atoms with Crippen LogP contribution in [-0.4, -0.2) is 39.3 Å². The van der Waals surface area contributed by atoms with Gasteiger partial charge in [-0.05, 0) is 49.6 Å². The first kappa shape index (κ1) is 19.8. The van der Waals surface area contributed by atoms with Gasteiger partial charge in [0, 0.05) is 26.2 Å².